The molecule has 0 amide bonds. The van der Waals surface area contributed by atoms with Crippen molar-refractivity contribution in [2.45, 2.75) is 32.7 Å². The number of nitrogens with zero attached hydrogens (tertiary/aromatic N) is 3. The van der Waals surface area contributed by atoms with Crippen LogP contribution in [0.5, 0.6) is 5.75 Å². The molecule has 0 spiro atoms. The van der Waals surface area contributed by atoms with Gasteiger partial charge in [0.2, 0.25) is 5.95 Å². The number of fused-ring (bicyclic) bond motifs is 2. The van der Waals surface area contributed by atoms with Crippen molar-refractivity contribution in [2.75, 3.05) is 23.9 Å². The topological polar surface area (TPSA) is 50.3 Å². The van der Waals surface area contributed by atoms with E-state index in [4.69, 9.17) is 14.7 Å². The van der Waals surface area contributed by atoms with Gasteiger partial charge in [-0.2, -0.15) is 4.98 Å². The van der Waals surface area contributed by atoms with Crippen LogP contribution >= 0.6 is 0 Å². The SMILES string of the molecule is COc1cccc2c(N3CCc4ccccc4C3(C)C)nc(Nc3ccc(F)cc3C)nc12. The Morgan fingerprint density at radius 1 is 1.03 bits per heavy atom. The molecule has 1 aromatic heterocycles. The number of ether oxygens (including phenoxy) is 1. The molecule has 0 atom stereocenters. The Hall–Kier alpha value is -3.67. The van der Waals surface area contributed by atoms with Gasteiger partial charge < -0.3 is 15.0 Å². The summed E-state index contributed by atoms with van der Waals surface area (Å²) in [6.45, 7) is 7.16. The van der Waals surface area contributed by atoms with Crippen molar-refractivity contribution in [3.05, 3.63) is 83.2 Å². The lowest BCUT2D eigenvalue weighted by Gasteiger charge is -2.45. The molecule has 0 radical (unpaired) electrons. The van der Waals surface area contributed by atoms with Gasteiger partial charge in [0.05, 0.1) is 12.6 Å². The number of para-hydroxylation sites is 1. The molecule has 0 aliphatic carbocycles. The minimum Gasteiger partial charge on any atom is -0.494 e. The molecule has 33 heavy (non-hydrogen) atoms. The minimum absolute atomic E-state index is 0.262. The second-order valence-electron chi connectivity index (χ2n) is 8.93. The number of halogens is 1. The molecule has 5 nitrogen and oxygen atoms in total. The molecule has 1 aliphatic heterocycles. The molecule has 4 aromatic rings. The summed E-state index contributed by atoms with van der Waals surface area (Å²) >= 11 is 0. The van der Waals surface area contributed by atoms with Gasteiger partial charge in [0.15, 0.2) is 0 Å². The Labute approximate surface area is 193 Å². The molecule has 1 aliphatic rings. The number of rotatable bonds is 4. The first-order valence-corrected chi connectivity index (χ1v) is 11.1. The summed E-state index contributed by atoms with van der Waals surface area (Å²) in [5, 5.41) is 4.23. The number of methoxy groups -OCH3 is 1. The number of anilines is 3. The summed E-state index contributed by atoms with van der Waals surface area (Å²) in [4.78, 5) is 12.1. The van der Waals surface area contributed by atoms with Crippen LogP contribution in [0.3, 0.4) is 0 Å². The highest BCUT2D eigenvalue weighted by Gasteiger charge is 2.36. The highest BCUT2D eigenvalue weighted by atomic mass is 19.1. The molecule has 0 bridgehead atoms. The van der Waals surface area contributed by atoms with Crippen molar-refractivity contribution in [3.63, 3.8) is 0 Å². The van der Waals surface area contributed by atoms with E-state index >= 15 is 0 Å². The van der Waals surface area contributed by atoms with Gasteiger partial charge in [-0.05, 0) is 74.2 Å². The maximum absolute atomic E-state index is 13.6. The van der Waals surface area contributed by atoms with Crippen LogP contribution in [0, 0.1) is 12.7 Å². The number of aryl methyl sites for hydroxylation is 1. The fourth-order valence-corrected chi connectivity index (χ4v) is 4.79. The van der Waals surface area contributed by atoms with Crippen LogP contribution in [-0.4, -0.2) is 23.6 Å². The smallest absolute Gasteiger partial charge is 0.229 e. The van der Waals surface area contributed by atoms with E-state index in [0.717, 1.165) is 40.9 Å². The maximum atomic E-state index is 13.6. The van der Waals surface area contributed by atoms with Crippen LogP contribution in [0.2, 0.25) is 0 Å². The van der Waals surface area contributed by atoms with Crippen LogP contribution in [0.15, 0.2) is 60.7 Å². The van der Waals surface area contributed by atoms with Gasteiger partial charge in [0.1, 0.15) is 22.9 Å². The Bertz CT molecular complexity index is 1350. The first kappa shape index (κ1) is 21.2. The number of nitrogens with one attached hydrogen (secondary N) is 1. The minimum atomic E-state index is -0.270. The zero-order valence-corrected chi connectivity index (χ0v) is 19.3. The first-order chi connectivity index (χ1) is 15.9. The second-order valence-corrected chi connectivity index (χ2v) is 8.93. The molecule has 1 N–H and O–H groups in total. The van der Waals surface area contributed by atoms with Crippen LogP contribution in [0.1, 0.15) is 30.5 Å². The van der Waals surface area contributed by atoms with Gasteiger partial charge in [-0.25, -0.2) is 9.37 Å². The number of aromatic nitrogens is 2. The van der Waals surface area contributed by atoms with Crippen LogP contribution in [-0.2, 0) is 12.0 Å². The summed E-state index contributed by atoms with van der Waals surface area (Å²) in [7, 11) is 1.65. The molecule has 0 saturated heterocycles. The zero-order chi connectivity index (χ0) is 23.2. The highest BCUT2D eigenvalue weighted by Crippen LogP contribution is 2.41. The molecule has 168 valence electrons. The van der Waals surface area contributed by atoms with Crippen LogP contribution in [0.4, 0.5) is 21.8 Å². The molecule has 0 fully saturated rings. The van der Waals surface area contributed by atoms with E-state index in [9.17, 15) is 4.39 Å². The summed E-state index contributed by atoms with van der Waals surface area (Å²) in [5.41, 5.74) is 4.70. The lowest BCUT2D eigenvalue weighted by molar-refractivity contribution is 0.418. The summed E-state index contributed by atoms with van der Waals surface area (Å²) in [5.74, 6) is 1.71. The van der Waals surface area contributed by atoms with E-state index in [1.165, 1.54) is 23.3 Å². The van der Waals surface area contributed by atoms with Gasteiger partial charge in [-0.1, -0.05) is 30.3 Å². The van der Waals surface area contributed by atoms with Crippen LogP contribution < -0.4 is 15.0 Å². The zero-order valence-electron chi connectivity index (χ0n) is 19.3. The van der Waals surface area contributed by atoms with E-state index < -0.39 is 0 Å². The summed E-state index contributed by atoms with van der Waals surface area (Å²) in [6.07, 6.45) is 0.939. The van der Waals surface area contributed by atoms with Gasteiger partial charge >= 0.3 is 0 Å². The molecule has 5 rings (SSSR count). The van der Waals surface area contributed by atoms with Crippen molar-refractivity contribution in [3.8, 4) is 5.75 Å². The van der Waals surface area contributed by atoms with E-state index in [1.807, 2.05) is 25.1 Å². The lowest BCUT2D eigenvalue weighted by Crippen LogP contribution is -2.47. The van der Waals surface area contributed by atoms with E-state index in [2.05, 4.69) is 48.3 Å². The molecule has 3 aromatic carbocycles. The fourth-order valence-electron chi connectivity index (χ4n) is 4.79. The molecule has 6 heteroatoms. The fraction of sp³-hybridized carbons (Fsp3) is 0.259. The third-order valence-corrected chi connectivity index (χ3v) is 6.54. The molecule has 2 heterocycles. The molecule has 0 unspecified atom stereocenters. The first-order valence-electron chi connectivity index (χ1n) is 11.1. The number of hydrogen-bond acceptors (Lipinski definition) is 5. The van der Waals surface area contributed by atoms with E-state index in [0.29, 0.717) is 11.7 Å². The average Bonchev–Trinajstić information content (AvgIpc) is 2.80. The van der Waals surface area contributed by atoms with Crippen molar-refractivity contribution in [2.24, 2.45) is 0 Å². The molecular formula is C27H27FN4O. The third kappa shape index (κ3) is 3.65. The predicted molar refractivity (Wildman–Crippen MR) is 131 cm³/mol. The Morgan fingerprint density at radius 2 is 1.85 bits per heavy atom. The largest absolute Gasteiger partial charge is 0.494 e. The van der Waals surface area contributed by atoms with Gasteiger partial charge in [-0.15, -0.1) is 0 Å². The molecular weight excluding hydrogens is 415 g/mol. The monoisotopic (exact) mass is 442 g/mol. The molecule has 0 saturated carbocycles. The standard InChI is InChI=1S/C27H27FN4O/c1-17-16-19(28)12-13-22(17)29-26-30-24-20(9-7-11-23(24)33-4)25(31-26)32-15-14-18-8-5-6-10-21(18)27(32,2)3/h5-13,16H,14-15H2,1-4H3,(H,29,30,31). The van der Waals surface area contributed by atoms with Crippen molar-refractivity contribution in [1.29, 1.82) is 0 Å². The Kier molecular flexibility index (Phi) is 5.16. The summed E-state index contributed by atoms with van der Waals surface area (Å²) in [6, 6.07) is 19.2. The number of benzene rings is 3. The van der Waals surface area contributed by atoms with Gasteiger partial charge in [0, 0.05) is 17.6 Å². The predicted octanol–water partition coefficient (Wildman–Crippen LogP) is 6.13. The van der Waals surface area contributed by atoms with Crippen molar-refractivity contribution >= 4 is 28.4 Å². The van der Waals surface area contributed by atoms with Crippen molar-refractivity contribution < 1.29 is 9.13 Å². The van der Waals surface area contributed by atoms with Gasteiger partial charge in [-0.3, -0.25) is 0 Å². The number of hydrogen-bond donors (Lipinski definition) is 1. The van der Waals surface area contributed by atoms with E-state index in [1.54, 1.807) is 13.2 Å². The Balaban J connectivity index is 1.68. The quantitative estimate of drug-likeness (QED) is 0.412. The van der Waals surface area contributed by atoms with Gasteiger partial charge in [0.25, 0.3) is 0 Å². The van der Waals surface area contributed by atoms with Crippen molar-refractivity contribution in [1.82, 2.24) is 9.97 Å². The summed E-state index contributed by atoms with van der Waals surface area (Å²) < 4.78 is 19.3. The lowest BCUT2D eigenvalue weighted by atomic mass is 9.83. The highest BCUT2D eigenvalue weighted by molar-refractivity contribution is 5.95. The average molecular weight is 443 g/mol. The van der Waals surface area contributed by atoms with E-state index in [-0.39, 0.29) is 11.4 Å². The Morgan fingerprint density at radius 3 is 2.64 bits per heavy atom. The van der Waals surface area contributed by atoms with Crippen LogP contribution in [0.25, 0.3) is 10.9 Å². The normalized spacial score (nSPS) is 14.8. The second kappa shape index (κ2) is 8.03. The third-order valence-electron chi connectivity index (χ3n) is 6.54. The maximum Gasteiger partial charge on any atom is 0.229 e.